The Morgan fingerprint density at radius 2 is 1.32 bits per heavy atom. The van der Waals surface area contributed by atoms with Crippen LogP contribution < -0.4 is 69.3 Å². The number of carbonyl (C=O) groups is 4. The Hall–Kier alpha value is -0.160. The van der Waals surface area contributed by atoms with Crippen LogP contribution in [0, 0.1) is 0 Å². The summed E-state index contributed by atoms with van der Waals surface area (Å²) in [6, 6.07) is 0. The molecule has 0 aliphatic heterocycles. The van der Waals surface area contributed by atoms with Crippen LogP contribution in [-0.4, -0.2) is 36.6 Å². The predicted molar refractivity (Wildman–Crippen MR) is 56.1 cm³/mol. The number of carboxylic acids is 2. The second-order valence-electron chi connectivity index (χ2n) is 3.79. The molecule has 0 radical (unpaired) electrons. The quantitative estimate of drug-likeness (QED) is 0.164. The molecule has 0 aliphatic rings. The number of aliphatic carboxylic acids is 2. The van der Waals surface area contributed by atoms with E-state index >= 15 is 0 Å². The van der Waals surface area contributed by atoms with E-state index in [0.29, 0.717) is 0 Å². The fourth-order valence-corrected chi connectivity index (χ4v) is 0.896. The van der Waals surface area contributed by atoms with Crippen LogP contribution in [0.1, 0.15) is 32.6 Å². The Bertz CT molecular complexity index is 339. The monoisotopic (exact) mass is 336 g/mol. The summed E-state index contributed by atoms with van der Waals surface area (Å²) < 4.78 is 4.63. The number of esters is 1. The van der Waals surface area contributed by atoms with Crippen molar-refractivity contribution in [1.82, 2.24) is 0 Å². The molecule has 0 aliphatic carbocycles. The minimum Gasteiger partial charge on any atom is -0.550 e. The first kappa shape index (κ1) is 26.7. The molecule has 22 heavy (non-hydrogen) atoms. The summed E-state index contributed by atoms with van der Waals surface area (Å²) in [6.45, 7) is 1.18. The maximum atomic E-state index is 11.0. The van der Waals surface area contributed by atoms with Gasteiger partial charge < -0.3 is 24.5 Å². The van der Waals surface area contributed by atoms with Crippen molar-refractivity contribution in [3.8, 4) is 0 Å². The molecular formula is C11H14Na2O9. The molecule has 9 nitrogen and oxygen atoms in total. The topological polar surface area (TPSA) is 142 Å². The van der Waals surface area contributed by atoms with Crippen molar-refractivity contribution in [2.24, 2.45) is 0 Å². The van der Waals surface area contributed by atoms with Crippen molar-refractivity contribution in [3.05, 3.63) is 0 Å². The third-order valence-corrected chi connectivity index (χ3v) is 1.85. The zero-order valence-electron chi connectivity index (χ0n) is 12.8. The Labute approximate surface area is 171 Å². The second-order valence-corrected chi connectivity index (χ2v) is 3.79. The molecule has 1 atom stereocenters. The van der Waals surface area contributed by atoms with Gasteiger partial charge in [0.1, 0.15) is 12.7 Å². The van der Waals surface area contributed by atoms with E-state index in [9.17, 15) is 29.4 Å². The molecule has 0 N–H and O–H groups in total. The molecule has 0 aromatic carbocycles. The molecule has 0 spiro atoms. The minimum absolute atomic E-state index is 0. The smallest absolute Gasteiger partial charge is 0.550 e. The second kappa shape index (κ2) is 15.7. The first-order chi connectivity index (χ1) is 9.31. The van der Waals surface area contributed by atoms with Crippen LogP contribution >= 0.6 is 0 Å². The molecule has 0 bridgehead atoms. The number of hydrogen-bond acceptors (Lipinski definition) is 9. The summed E-state index contributed by atoms with van der Waals surface area (Å²) in [7, 11) is 0. The van der Waals surface area contributed by atoms with E-state index in [0.717, 1.165) is 0 Å². The molecule has 0 amide bonds. The molecule has 0 aromatic rings. The summed E-state index contributed by atoms with van der Waals surface area (Å²) in [5, 5.41) is 20.1. The summed E-state index contributed by atoms with van der Waals surface area (Å²) in [6.07, 6.45) is -2.46. The summed E-state index contributed by atoms with van der Waals surface area (Å²) >= 11 is 0. The maximum Gasteiger partial charge on any atom is 1.00 e. The molecule has 0 rings (SSSR count). The number of hydrogen-bond donors (Lipinski definition) is 0. The van der Waals surface area contributed by atoms with Gasteiger partial charge in [0.25, 0.3) is 0 Å². The fraction of sp³-hybridized carbons (Fsp3) is 0.636. The van der Waals surface area contributed by atoms with E-state index in [1.54, 1.807) is 0 Å². The summed E-state index contributed by atoms with van der Waals surface area (Å²) in [5.74, 6) is -4.41. The van der Waals surface area contributed by atoms with Crippen LogP contribution in [-0.2, 0) is 33.7 Å². The van der Waals surface area contributed by atoms with Crippen LogP contribution in [0.2, 0.25) is 0 Å². The van der Waals surface area contributed by atoms with Gasteiger partial charge in [0.2, 0.25) is 0 Å². The minimum atomic E-state index is -1.39. The van der Waals surface area contributed by atoms with Gasteiger partial charge >= 0.3 is 71.1 Å². The largest absolute Gasteiger partial charge is 1.00 e. The van der Waals surface area contributed by atoms with E-state index in [2.05, 4.69) is 14.5 Å². The Morgan fingerprint density at radius 3 is 1.77 bits per heavy atom. The van der Waals surface area contributed by atoms with E-state index < -0.39 is 49.2 Å². The van der Waals surface area contributed by atoms with Gasteiger partial charge in [-0.3, -0.25) is 9.68 Å². The molecule has 114 valence electrons. The van der Waals surface area contributed by atoms with E-state index in [4.69, 9.17) is 0 Å². The summed E-state index contributed by atoms with van der Waals surface area (Å²) in [5.41, 5.74) is 0. The molecular weight excluding hydrogens is 322 g/mol. The number of carbonyl (C=O) groups excluding carboxylic acids is 4. The van der Waals surface area contributed by atoms with Gasteiger partial charge in [-0.25, -0.2) is 4.79 Å². The van der Waals surface area contributed by atoms with Gasteiger partial charge in [0.15, 0.2) is 0 Å². The molecule has 0 saturated heterocycles. The van der Waals surface area contributed by atoms with Crippen molar-refractivity contribution in [1.29, 1.82) is 0 Å². The molecule has 0 saturated carbocycles. The SMILES string of the molecule is CC(COC(=O)CCC(=O)[O-])OOC(=O)CCC(=O)[O-].[Na+].[Na+]. The molecule has 0 heterocycles. The first-order valence-electron chi connectivity index (χ1n) is 5.72. The van der Waals surface area contributed by atoms with Gasteiger partial charge in [0.05, 0.1) is 12.8 Å². The van der Waals surface area contributed by atoms with E-state index in [1.165, 1.54) is 6.92 Å². The van der Waals surface area contributed by atoms with Gasteiger partial charge in [-0.1, -0.05) is 0 Å². The van der Waals surface area contributed by atoms with Gasteiger partial charge in [0, 0.05) is 11.9 Å². The fourth-order valence-electron chi connectivity index (χ4n) is 0.896. The number of ether oxygens (including phenoxy) is 1. The van der Waals surface area contributed by atoms with Crippen LogP contribution in [0.4, 0.5) is 0 Å². The van der Waals surface area contributed by atoms with E-state index in [1.807, 2.05) is 0 Å². The van der Waals surface area contributed by atoms with E-state index in [-0.39, 0.29) is 72.1 Å². The summed E-state index contributed by atoms with van der Waals surface area (Å²) in [4.78, 5) is 50.9. The third kappa shape index (κ3) is 17.9. The van der Waals surface area contributed by atoms with Gasteiger partial charge in [-0.05, 0) is 19.8 Å². The molecule has 0 fully saturated rings. The Morgan fingerprint density at radius 1 is 0.864 bits per heavy atom. The van der Waals surface area contributed by atoms with Crippen molar-refractivity contribution < 1.29 is 103 Å². The number of carboxylic acid groups (broad SMARTS) is 2. The maximum absolute atomic E-state index is 11.0. The Kier molecular flexibility index (Phi) is 19.1. The van der Waals surface area contributed by atoms with Gasteiger partial charge in [-0.2, -0.15) is 4.89 Å². The number of rotatable bonds is 10. The molecule has 0 aromatic heterocycles. The zero-order valence-corrected chi connectivity index (χ0v) is 16.8. The molecule has 11 heteroatoms. The van der Waals surface area contributed by atoms with Crippen LogP contribution in [0.15, 0.2) is 0 Å². The van der Waals surface area contributed by atoms with Crippen molar-refractivity contribution in [2.75, 3.05) is 6.61 Å². The van der Waals surface area contributed by atoms with Crippen LogP contribution in [0.25, 0.3) is 0 Å². The molecule has 1 unspecified atom stereocenters. The van der Waals surface area contributed by atoms with Crippen molar-refractivity contribution in [2.45, 2.75) is 38.7 Å². The third-order valence-electron chi connectivity index (χ3n) is 1.85. The van der Waals surface area contributed by atoms with Crippen LogP contribution in [0.5, 0.6) is 0 Å². The average molecular weight is 336 g/mol. The normalized spacial score (nSPS) is 10.4. The zero-order chi connectivity index (χ0) is 15.5. The Balaban J connectivity index is -0.00000180. The van der Waals surface area contributed by atoms with Gasteiger partial charge in [-0.15, -0.1) is 0 Å². The average Bonchev–Trinajstić information content (AvgIpc) is 2.37. The van der Waals surface area contributed by atoms with Crippen LogP contribution in [0.3, 0.4) is 0 Å². The van der Waals surface area contributed by atoms with Crippen molar-refractivity contribution in [3.63, 3.8) is 0 Å². The van der Waals surface area contributed by atoms with Crippen molar-refractivity contribution >= 4 is 23.9 Å². The first-order valence-corrected chi connectivity index (χ1v) is 5.72. The standard InChI is InChI=1S/C11H16O9.2Na/c1-7(6-18-10(16)4-2-8(12)13)19-20-11(17)5-3-9(14)15;;/h7H,2-6H2,1H3,(H,12,13)(H,14,15);;/q;2*+1/p-2. The predicted octanol–water partition coefficient (Wildman–Crippen LogP) is -8.54.